The number of carbonyl (C=O) groups excluding carboxylic acids is 2. The Morgan fingerprint density at radius 1 is 1.16 bits per heavy atom. The fraction of sp³-hybridized carbons (Fsp3) is 0.217. The third kappa shape index (κ3) is 6.81. The van der Waals surface area contributed by atoms with E-state index in [4.69, 9.17) is 4.74 Å². The van der Waals surface area contributed by atoms with E-state index in [1.54, 1.807) is 31.1 Å². The summed E-state index contributed by atoms with van der Waals surface area (Å²) in [6.07, 6.45) is 6.23. The van der Waals surface area contributed by atoms with Gasteiger partial charge in [-0.3, -0.25) is 9.59 Å². The fourth-order valence-electron chi connectivity index (χ4n) is 2.90. The van der Waals surface area contributed by atoms with Crippen molar-refractivity contribution in [1.82, 2.24) is 25.4 Å². The standard InChI is InChI=1S/C23H25N5O3/c1-17(27-22(29)11-8-18-6-9-21(31-2)10-7-18)23(30)25-13-19-4-3-5-20(12-19)14-28-16-24-15-26-28/h3-12,15-17H,13-14H2,1-2H3,(H,25,30)(H,27,29)/b11-8-/t17-/m0/s1. The second kappa shape index (κ2) is 10.7. The lowest BCUT2D eigenvalue weighted by Gasteiger charge is -2.13. The van der Waals surface area contributed by atoms with Crippen LogP contribution < -0.4 is 15.4 Å². The maximum absolute atomic E-state index is 12.4. The maximum atomic E-state index is 12.4. The van der Waals surface area contributed by atoms with Crippen molar-refractivity contribution in [3.63, 3.8) is 0 Å². The van der Waals surface area contributed by atoms with Crippen molar-refractivity contribution in [3.8, 4) is 5.75 Å². The number of methoxy groups -OCH3 is 1. The highest BCUT2D eigenvalue weighted by Crippen LogP contribution is 2.12. The molecule has 1 atom stereocenters. The molecule has 0 unspecified atom stereocenters. The molecule has 2 aromatic carbocycles. The minimum Gasteiger partial charge on any atom is -0.497 e. The van der Waals surface area contributed by atoms with Crippen molar-refractivity contribution >= 4 is 17.9 Å². The van der Waals surface area contributed by atoms with Gasteiger partial charge in [-0.25, -0.2) is 9.67 Å². The average molecular weight is 419 g/mol. The number of amides is 2. The van der Waals surface area contributed by atoms with Crippen LogP contribution in [0.2, 0.25) is 0 Å². The third-order valence-corrected chi connectivity index (χ3v) is 4.56. The molecule has 3 rings (SSSR count). The van der Waals surface area contributed by atoms with Crippen molar-refractivity contribution in [1.29, 1.82) is 0 Å². The van der Waals surface area contributed by atoms with Crippen LogP contribution in [0.25, 0.3) is 6.08 Å². The molecule has 1 heterocycles. The summed E-state index contributed by atoms with van der Waals surface area (Å²) >= 11 is 0. The monoisotopic (exact) mass is 419 g/mol. The number of rotatable bonds is 9. The lowest BCUT2D eigenvalue weighted by molar-refractivity contribution is -0.126. The molecule has 160 valence electrons. The first-order chi connectivity index (χ1) is 15.0. The molecule has 0 fully saturated rings. The Morgan fingerprint density at radius 2 is 1.94 bits per heavy atom. The van der Waals surface area contributed by atoms with Gasteiger partial charge in [-0.15, -0.1) is 0 Å². The smallest absolute Gasteiger partial charge is 0.244 e. The van der Waals surface area contributed by atoms with E-state index in [9.17, 15) is 9.59 Å². The van der Waals surface area contributed by atoms with Gasteiger partial charge in [-0.1, -0.05) is 36.4 Å². The molecule has 2 amide bonds. The molecule has 0 radical (unpaired) electrons. The van der Waals surface area contributed by atoms with Crippen LogP contribution >= 0.6 is 0 Å². The number of hydrogen-bond donors (Lipinski definition) is 2. The first kappa shape index (κ1) is 21.8. The number of ether oxygens (including phenoxy) is 1. The lowest BCUT2D eigenvalue weighted by atomic mass is 10.1. The minimum absolute atomic E-state index is 0.257. The highest BCUT2D eigenvalue weighted by Gasteiger charge is 2.14. The van der Waals surface area contributed by atoms with Crippen LogP contribution in [0.4, 0.5) is 0 Å². The first-order valence-corrected chi connectivity index (χ1v) is 9.84. The molecule has 0 aliphatic heterocycles. The Labute approximate surface area is 181 Å². The van der Waals surface area contributed by atoms with Crippen LogP contribution in [-0.4, -0.2) is 39.7 Å². The molecule has 3 aromatic rings. The predicted octanol–water partition coefficient (Wildman–Crippen LogP) is 2.17. The van der Waals surface area contributed by atoms with Gasteiger partial charge in [0.2, 0.25) is 11.8 Å². The zero-order valence-corrected chi connectivity index (χ0v) is 17.5. The molecule has 8 nitrogen and oxygen atoms in total. The molecule has 31 heavy (non-hydrogen) atoms. The van der Waals surface area contributed by atoms with Gasteiger partial charge in [-0.2, -0.15) is 5.10 Å². The van der Waals surface area contributed by atoms with Crippen LogP contribution in [0.1, 0.15) is 23.6 Å². The van der Waals surface area contributed by atoms with Crippen LogP contribution in [0, 0.1) is 0 Å². The predicted molar refractivity (Wildman–Crippen MR) is 117 cm³/mol. The molecule has 8 heteroatoms. The number of nitrogens with one attached hydrogen (secondary N) is 2. The van der Waals surface area contributed by atoms with Gasteiger partial charge in [0.1, 0.15) is 24.4 Å². The summed E-state index contributed by atoms with van der Waals surface area (Å²) in [5, 5.41) is 9.61. The van der Waals surface area contributed by atoms with Crippen LogP contribution in [0.5, 0.6) is 5.75 Å². The van der Waals surface area contributed by atoms with Crippen molar-refractivity contribution in [3.05, 3.63) is 84.0 Å². The van der Waals surface area contributed by atoms with Gasteiger partial charge in [0.05, 0.1) is 13.7 Å². The second-order valence-electron chi connectivity index (χ2n) is 6.97. The molecule has 0 saturated heterocycles. The normalized spacial score (nSPS) is 11.8. The Bertz CT molecular complexity index is 1030. The van der Waals surface area contributed by atoms with E-state index >= 15 is 0 Å². The number of aromatic nitrogens is 3. The minimum atomic E-state index is -0.661. The highest BCUT2D eigenvalue weighted by molar-refractivity contribution is 5.95. The Hall–Kier alpha value is -3.94. The summed E-state index contributed by atoms with van der Waals surface area (Å²) in [6, 6.07) is 14.5. The molecule has 0 spiro atoms. The summed E-state index contributed by atoms with van der Waals surface area (Å²) in [7, 11) is 1.60. The van der Waals surface area contributed by atoms with E-state index < -0.39 is 6.04 Å². The van der Waals surface area contributed by atoms with E-state index in [0.29, 0.717) is 13.1 Å². The largest absolute Gasteiger partial charge is 0.497 e. The van der Waals surface area contributed by atoms with Crippen molar-refractivity contribution < 1.29 is 14.3 Å². The van der Waals surface area contributed by atoms with Crippen molar-refractivity contribution in [2.45, 2.75) is 26.1 Å². The molecular formula is C23H25N5O3. The number of benzene rings is 2. The first-order valence-electron chi connectivity index (χ1n) is 9.84. The molecule has 0 bridgehead atoms. The zero-order valence-electron chi connectivity index (χ0n) is 17.5. The molecule has 1 aromatic heterocycles. The summed E-state index contributed by atoms with van der Waals surface area (Å²) in [5.41, 5.74) is 2.88. The summed E-state index contributed by atoms with van der Waals surface area (Å²) in [5.74, 6) is 0.150. The number of nitrogens with zero attached hydrogens (tertiary/aromatic N) is 3. The van der Waals surface area contributed by atoms with E-state index in [1.165, 1.54) is 12.4 Å². The van der Waals surface area contributed by atoms with E-state index in [1.807, 2.05) is 48.5 Å². The summed E-state index contributed by atoms with van der Waals surface area (Å²) in [6.45, 7) is 2.62. The van der Waals surface area contributed by atoms with E-state index in [2.05, 4.69) is 20.7 Å². The van der Waals surface area contributed by atoms with Gasteiger partial charge in [-0.05, 0) is 41.8 Å². The maximum Gasteiger partial charge on any atom is 0.244 e. The van der Waals surface area contributed by atoms with Crippen molar-refractivity contribution in [2.75, 3.05) is 7.11 Å². The average Bonchev–Trinajstić information content (AvgIpc) is 3.29. The number of carbonyl (C=O) groups is 2. The van der Waals surface area contributed by atoms with Crippen LogP contribution in [0.3, 0.4) is 0 Å². The molecule has 0 aliphatic carbocycles. The van der Waals surface area contributed by atoms with Gasteiger partial charge < -0.3 is 15.4 Å². The Balaban J connectivity index is 1.46. The molecule has 0 saturated carbocycles. The van der Waals surface area contributed by atoms with Crippen molar-refractivity contribution in [2.24, 2.45) is 0 Å². The summed E-state index contributed by atoms with van der Waals surface area (Å²) in [4.78, 5) is 28.4. The van der Waals surface area contributed by atoms with E-state index in [-0.39, 0.29) is 11.8 Å². The highest BCUT2D eigenvalue weighted by atomic mass is 16.5. The Kier molecular flexibility index (Phi) is 7.53. The second-order valence-corrected chi connectivity index (χ2v) is 6.97. The fourth-order valence-corrected chi connectivity index (χ4v) is 2.90. The van der Waals surface area contributed by atoms with Gasteiger partial charge in [0.15, 0.2) is 0 Å². The molecule has 2 N–H and O–H groups in total. The molecular weight excluding hydrogens is 394 g/mol. The van der Waals surface area contributed by atoms with Crippen LogP contribution in [-0.2, 0) is 22.7 Å². The zero-order chi connectivity index (χ0) is 22.1. The van der Waals surface area contributed by atoms with Gasteiger partial charge in [0.25, 0.3) is 0 Å². The number of hydrogen-bond acceptors (Lipinski definition) is 5. The van der Waals surface area contributed by atoms with Gasteiger partial charge in [0, 0.05) is 12.6 Å². The van der Waals surface area contributed by atoms with Crippen LogP contribution in [0.15, 0.2) is 67.3 Å². The third-order valence-electron chi connectivity index (χ3n) is 4.56. The molecule has 0 aliphatic rings. The lowest BCUT2D eigenvalue weighted by Crippen LogP contribution is -2.44. The van der Waals surface area contributed by atoms with Gasteiger partial charge >= 0.3 is 0 Å². The Morgan fingerprint density at radius 3 is 2.65 bits per heavy atom. The summed E-state index contributed by atoms with van der Waals surface area (Å²) < 4.78 is 6.84. The quantitative estimate of drug-likeness (QED) is 0.518. The van der Waals surface area contributed by atoms with E-state index in [0.717, 1.165) is 22.4 Å². The SMILES string of the molecule is COc1ccc(/C=C\C(=O)N[C@@H](C)C(=O)NCc2cccc(Cn3cncn3)c2)cc1. The topological polar surface area (TPSA) is 98.1 Å².